The largest absolute Gasteiger partial charge is 0.481 e. The van der Waals surface area contributed by atoms with Crippen LogP contribution in [0.1, 0.15) is 38.5 Å². The first kappa shape index (κ1) is 16.8. The van der Waals surface area contributed by atoms with Crippen LogP contribution in [-0.4, -0.2) is 55.2 Å². The van der Waals surface area contributed by atoms with Crippen molar-refractivity contribution in [1.82, 2.24) is 15.5 Å². The molecule has 0 saturated heterocycles. The molecule has 0 aromatic heterocycles. The summed E-state index contributed by atoms with van der Waals surface area (Å²) in [6, 6.07) is -0.495. The van der Waals surface area contributed by atoms with E-state index in [4.69, 9.17) is 0 Å². The van der Waals surface area contributed by atoms with E-state index in [2.05, 4.69) is 15.5 Å². The maximum absolute atomic E-state index is 11.8. The average molecular weight is 285 g/mol. The first-order valence-electron chi connectivity index (χ1n) is 7.42. The van der Waals surface area contributed by atoms with Gasteiger partial charge in [-0.05, 0) is 39.9 Å². The van der Waals surface area contributed by atoms with E-state index < -0.39 is 11.9 Å². The Bertz CT molecular complexity index is 321. The Hall–Kier alpha value is -1.30. The van der Waals surface area contributed by atoms with Gasteiger partial charge in [-0.15, -0.1) is 0 Å². The summed E-state index contributed by atoms with van der Waals surface area (Å²) in [5.41, 5.74) is 0. The Morgan fingerprint density at radius 3 is 2.55 bits per heavy atom. The van der Waals surface area contributed by atoms with Crippen LogP contribution in [0.15, 0.2) is 0 Å². The van der Waals surface area contributed by atoms with Gasteiger partial charge in [-0.3, -0.25) is 4.79 Å². The van der Waals surface area contributed by atoms with E-state index in [0.717, 1.165) is 38.6 Å². The third-order valence-electron chi connectivity index (χ3n) is 3.72. The summed E-state index contributed by atoms with van der Waals surface area (Å²) in [5, 5.41) is 14.9. The zero-order valence-electron chi connectivity index (χ0n) is 12.5. The van der Waals surface area contributed by atoms with E-state index in [0.29, 0.717) is 13.0 Å². The first-order chi connectivity index (χ1) is 9.50. The van der Waals surface area contributed by atoms with Gasteiger partial charge in [0.1, 0.15) is 0 Å². The second-order valence-corrected chi connectivity index (χ2v) is 5.75. The summed E-state index contributed by atoms with van der Waals surface area (Å²) in [7, 11) is 3.98. The van der Waals surface area contributed by atoms with Crippen molar-refractivity contribution < 1.29 is 14.7 Å². The van der Waals surface area contributed by atoms with Crippen LogP contribution in [0.5, 0.6) is 0 Å². The zero-order valence-corrected chi connectivity index (χ0v) is 12.5. The number of nitrogens with one attached hydrogen (secondary N) is 2. The van der Waals surface area contributed by atoms with Crippen LogP contribution < -0.4 is 10.6 Å². The standard InChI is InChI=1S/C14H27N3O3/c1-17(2)10-6-9-15-14(20)16-12-8-5-3-4-7-11(12)13(18)19/h11-12H,3-10H2,1-2H3,(H,18,19)(H2,15,16,20). The van der Waals surface area contributed by atoms with Gasteiger partial charge in [0.05, 0.1) is 5.92 Å². The highest BCUT2D eigenvalue weighted by Crippen LogP contribution is 2.23. The van der Waals surface area contributed by atoms with Gasteiger partial charge in [-0.1, -0.05) is 19.3 Å². The highest BCUT2D eigenvalue weighted by Gasteiger charge is 2.30. The van der Waals surface area contributed by atoms with Crippen LogP contribution in [0.25, 0.3) is 0 Å². The normalized spacial score (nSPS) is 23.1. The monoisotopic (exact) mass is 285 g/mol. The number of carboxylic acids is 1. The summed E-state index contributed by atoms with van der Waals surface area (Å²) in [4.78, 5) is 25.1. The van der Waals surface area contributed by atoms with E-state index in [1.54, 1.807) is 0 Å². The molecule has 1 fully saturated rings. The minimum Gasteiger partial charge on any atom is -0.481 e. The molecule has 0 spiro atoms. The minimum atomic E-state index is -0.801. The van der Waals surface area contributed by atoms with Gasteiger partial charge in [0.25, 0.3) is 0 Å². The second-order valence-electron chi connectivity index (χ2n) is 5.75. The maximum Gasteiger partial charge on any atom is 0.315 e. The molecule has 0 radical (unpaired) electrons. The van der Waals surface area contributed by atoms with Crippen LogP contribution in [0.4, 0.5) is 4.79 Å². The molecule has 0 heterocycles. The van der Waals surface area contributed by atoms with Crippen molar-refractivity contribution in [3.63, 3.8) is 0 Å². The number of nitrogens with zero attached hydrogens (tertiary/aromatic N) is 1. The molecular weight excluding hydrogens is 258 g/mol. The van der Waals surface area contributed by atoms with E-state index in [-0.39, 0.29) is 12.1 Å². The number of carbonyl (C=O) groups excluding carboxylic acids is 1. The molecule has 1 saturated carbocycles. The van der Waals surface area contributed by atoms with Crippen molar-refractivity contribution in [2.75, 3.05) is 27.2 Å². The third kappa shape index (κ3) is 6.23. The molecule has 3 N–H and O–H groups in total. The molecule has 20 heavy (non-hydrogen) atoms. The molecule has 0 aromatic carbocycles. The molecule has 6 heteroatoms. The van der Waals surface area contributed by atoms with E-state index in [9.17, 15) is 14.7 Å². The third-order valence-corrected chi connectivity index (χ3v) is 3.72. The van der Waals surface area contributed by atoms with E-state index in [1.165, 1.54) is 0 Å². The Labute approximate surface area is 120 Å². The first-order valence-corrected chi connectivity index (χ1v) is 7.42. The number of hydrogen-bond acceptors (Lipinski definition) is 3. The van der Waals surface area contributed by atoms with Crippen molar-refractivity contribution in [2.24, 2.45) is 5.92 Å². The van der Waals surface area contributed by atoms with Gasteiger partial charge in [0, 0.05) is 12.6 Å². The SMILES string of the molecule is CN(C)CCCNC(=O)NC1CCCCCC1C(=O)O. The highest BCUT2D eigenvalue weighted by molar-refractivity contribution is 5.76. The average Bonchev–Trinajstić information content (AvgIpc) is 2.60. The number of rotatable bonds is 6. The van der Waals surface area contributed by atoms with Gasteiger partial charge in [-0.25, -0.2) is 4.79 Å². The molecule has 0 bridgehead atoms. The van der Waals surface area contributed by atoms with Gasteiger partial charge < -0.3 is 20.6 Å². The van der Waals surface area contributed by atoms with Gasteiger partial charge in [0.2, 0.25) is 0 Å². The van der Waals surface area contributed by atoms with Crippen molar-refractivity contribution in [2.45, 2.75) is 44.6 Å². The van der Waals surface area contributed by atoms with Crippen LogP contribution in [0.3, 0.4) is 0 Å². The molecular formula is C14H27N3O3. The Morgan fingerprint density at radius 1 is 1.20 bits per heavy atom. The van der Waals surface area contributed by atoms with Crippen LogP contribution in [0, 0.1) is 5.92 Å². The summed E-state index contributed by atoms with van der Waals surface area (Å²) in [5.74, 6) is -1.25. The Morgan fingerprint density at radius 2 is 1.90 bits per heavy atom. The lowest BCUT2D eigenvalue weighted by Gasteiger charge is -2.23. The van der Waals surface area contributed by atoms with Crippen LogP contribution in [0.2, 0.25) is 0 Å². The number of hydrogen-bond donors (Lipinski definition) is 3. The predicted molar refractivity (Wildman–Crippen MR) is 77.7 cm³/mol. The smallest absolute Gasteiger partial charge is 0.315 e. The second kappa shape index (κ2) is 8.79. The number of aliphatic carboxylic acids is 1. The fourth-order valence-corrected chi connectivity index (χ4v) is 2.59. The molecule has 2 amide bonds. The predicted octanol–water partition coefficient (Wildman–Crippen LogP) is 1.27. The van der Waals surface area contributed by atoms with Crippen molar-refractivity contribution >= 4 is 12.0 Å². The van der Waals surface area contributed by atoms with Crippen molar-refractivity contribution in [3.05, 3.63) is 0 Å². The lowest BCUT2D eigenvalue weighted by molar-refractivity contribution is -0.142. The molecule has 0 aromatic rings. The molecule has 1 aliphatic rings. The zero-order chi connectivity index (χ0) is 15.0. The molecule has 6 nitrogen and oxygen atoms in total. The number of amides is 2. The number of urea groups is 1. The molecule has 0 aliphatic heterocycles. The van der Waals surface area contributed by atoms with Crippen molar-refractivity contribution in [1.29, 1.82) is 0 Å². The summed E-state index contributed by atoms with van der Waals surface area (Å²) < 4.78 is 0. The fraction of sp³-hybridized carbons (Fsp3) is 0.857. The summed E-state index contributed by atoms with van der Waals surface area (Å²) in [6.07, 6.45) is 5.25. The fourth-order valence-electron chi connectivity index (χ4n) is 2.59. The summed E-state index contributed by atoms with van der Waals surface area (Å²) in [6.45, 7) is 1.52. The highest BCUT2D eigenvalue weighted by atomic mass is 16.4. The number of carbonyl (C=O) groups is 2. The topological polar surface area (TPSA) is 81.7 Å². The lowest BCUT2D eigenvalue weighted by atomic mass is 9.95. The maximum atomic E-state index is 11.8. The lowest BCUT2D eigenvalue weighted by Crippen LogP contribution is -2.47. The molecule has 1 aliphatic carbocycles. The summed E-state index contributed by atoms with van der Waals surface area (Å²) >= 11 is 0. The minimum absolute atomic E-state index is 0.246. The Balaban J connectivity index is 2.35. The van der Waals surface area contributed by atoms with Crippen molar-refractivity contribution in [3.8, 4) is 0 Å². The van der Waals surface area contributed by atoms with Gasteiger partial charge in [0.15, 0.2) is 0 Å². The van der Waals surface area contributed by atoms with Gasteiger partial charge >= 0.3 is 12.0 Å². The van der Waals surface area contributed by atoms with E-state index in [1.807, 2.05) is 14.1 Å². The molecule has 2 unspecified atom stereocenters. The van der Waals surface area contributed by atoms with Crippen LogP contribution in [-0.2, 0) is 4.79 Å². The molecule has 1 rings (SSSR count). The molecule has 116 valence electrons. The van der Waals surface area contributed by atoms with Crippen LogP contribution >= 0.6 is 0 Å². The Kier molecular flexibility index (Phi) is 7.36. The van der Waals surface area contributed by atoms with Gasteiger partial charge in [-0.2, -0.15) is 0 Å². The molecule has 2 atom stereocenters. The number of carboxylic acid groups (broad SMARTS) is 1. The van der Waals surface area contributed by atoms with E-state index >= 15 is 0 Å². The quantitative estimate of drug-likeness (QED) is 0.507.